The van der Waals surface area contributed by atoms with Crippen molar-refractivity contribution in [2.75, 3.05) is 0 Å². The molecule has 0 amide bonds. The summed E-state index contributed by atoms with van der Waals surface area (Å²) in [6.45, 7) is 0. The van der Waals surface area contributed by atoms with E-state index in [4.69, 9.17) is 35.0 Å². The monoisotopic (exact) mass is 454 g/mol. The van der Waals surface area contributed by atoms with E-state index < -0.39 is 20.8 Å². The first kappa shape index (κ1) is 108. The molecule has 0 atom stereocenters. The molecule has 0 aromatic rings. The Balaban J connectivity index is -0.00000000427. The van der Waals surface area contributed by atoms with Crippen LogP contribution >= 0.6 is 0 Å². The minimum Gasteiger partial charge on any atom is -0.759 e. The molecule has 0 bridgehead atoms. The summed E-state index contributed by atoms with van der Waals surface area (Å²) >= 11 is 0. The number of hydrogen-bond donors (Lipinski definition) is 0. The predicted octanol–water partition coefficient (Wildman–Crippen LogP) is -10.1. The number of hydrogen-bond acceptors (Lipinski definition) is 8. The maximum Gasteiger partial charge on any atom is 2.00 e. The topological polar surface area (TPSA) is 425 Å². The van der Waals surface area contributed by atoms with Gasteiger partial charge in [-0.05, 0) is 0 Å². The van der Waals surface area contributed by atoms with Crippen molar-refractivity contribution >= 4 is 20.8 Å². The molecule has 0 aliphatic heterocycles. The van der Waals surface area contributed by atoms with Gasteiger partial charge in [0.1, 0.15) is 0 Å². The third-order valence-electron chi connectivity index (χ3n) is 0. The van der Waals surface area contributed by atoms with Crippen LogP contribution in [-0.4, -0.2) is 35.0 Å². The van der Waals surface area contributed by atoms with Gasteiger partial charge in [0.2, 0.25) is 0 Å². The molecule has 24 N–H and O–H groups in total. The molecule has 0 saturated carbocycles. The van der Waals surface area contributed by atoms with Crippen LogP contribution in [-0.2, 0) is 98.7 Å². The van der Waals surface area contributed by atoms with Gasteiger partial charge in [0.15, 0.2) is 0 Å². The Bertz CT molecular complexity index is 215. The van der Waals surface area contributed by atoms with Gasteiger partial charge in [-0.15, -0.1) is 0 Å². The van der Waals surface area contributed by atoms with Crippen molar-refractivity contribution in [3.63, 3.8) is 0 Å². The summed E-state index contributed by atoms with van der Waals surface area (Å²) in [5.41, 5.74) is 0. The predicted molar refractivity (Wildman–Crippen MR) is 59.9 cm³/mol. The van der Waals surface area contributed by atoms with E-state index in [0.717, 1.165) is 0 Å². The van der Waals surface area contributed by atoms with Crippen molar-refractivity contribution in [1.82, 2.24) is 0 Å². The third kappa shape index (κ3) is 26700. The fourth-order valence-electron chi connectivity index (χ4n) is 0. The standard InChI is InChI=1S/2Mn.2H2O4S.8H2O/c;;2*1-5(2,3)4;;;;;;;;/h;;2*(H2,1,2,3,4);8*1H2/q2*+2;;;;;;;;;;/p+4. The molecule has 0 fully saturated rings. The van der Waals surface area contributed by atoms with Crippen LogP contribution in [0.15, 0.2) is 0 Å². The first-order valence-corrected chi connectivity index (χ1v) is 4.00. The Labute approximate surface area is 134 Å². The van der Waals surface area contributed by atoms with E-state index in [9.17, 15) is 0 Å². The Kier molecular flexibility index (Phi) is 231. The van der Waals surface area contributed by atoms with Crippen molar-refractivity contribution in [3.8, 4) is 0 Å². The van der Waals surface area contributed by atoms with Crippen molar-refractivity contribution < 1.29 is 113 Å². The first-order chi connectivity index (χ1) is 4.00. The summed E-state index contributed by atoms with van der Waals surface area (Å²) in [6.07, 6.45) is 0. The van der Waals surface area contributed by atoms with Gasteiger partial charge < -0.3 is 62.0 Å². The first-order valence-electron chi connectivity index (χ1n) is 1.33. The quantitative estimate of drug-likeness (QED) is 0.146. The minimum absolute atomic E-state index is 0. The van der Waals surface area contributed by atoms with Crippen LogP contribution in [0.4, 0.5) is 0 Å². The summed E-state index contributed by atoms with van der Waals surface area (Å²) in [5.74, 6) is 0. The van der Waals surface area contributed by atoms with Gasteiger partial charge in [0, 0.05) is 20.8 Å². The summed E-state index contributed by atoms with van der Waals surface area (Å²) in [6, 6.07) is 0. The van der Waals surface area contributed by atoms with Gasteiger partial charge in [-0.3, -0.25) is 16.8 Å². The molecule has 0 aliphatic rings. The van der Waals surface area contributed by atoms with E-state index in [1.165, 1.54) is 0 Å². The van der Waals surface area contributed by atoms with Crippen LogP contribution in [0, 0.1) is 0 Å². The zero-order chi connectivity index (χ0) is 9.00. The average molecular weight is 454 g/mol. The number of rotatable bonds is 0. The third-order valence-corrected chi connectivity index (χ3v) is 0. The molecule has 0 saturated heterocycles. The average Bonchev–Trinajstić information content (AvgIpc) is 1.12. The SMILES string of the molecule is O=S(=O)([O-])[O-].O=S(=O)([O-])[O-].[Mn+2].[Mn+2].[OH3+].[OH3+].[OH3+].[OH3+].[OH3+].[OH3+].[OH3+].[OH3+]. The molecule has 2 radical (unpaired) electrons. The molecule has 0 aliphatic carbocycles. The molecule has 0 heterocycles. The van der Waals surface area contributed by atoms with Crippen LogP contribution in [0.5, 0.6) is 0 Å². The second-order valence-electron chi connectivity index (χ2n) is 0.816. The molecule has 16 nitrogen and oxygen atoms in total. The fourth-order valence-corrected chi connectivity index (χ4v) is 0. The molecular weight excluding hydrogens is 430 g/mol. The van der Waals surface area contributed by atoms with Gasteiger partial charge in [-0.2, -0.15) is 0 Å². The van der Waals surface area contributed by atoms with Crippen LogP contribution in [0.25, 0.3) is 0 Å². The van der Waals surface area contributed by atoms with Gasteiger partial charge >= 0.3 is 34.1 Å². The molecule has 0 rings (SSSR count). The second kappa shape index (κ2) is 42.7. The van der Waals surface area contributed by atoms with Gasteiger partial charge in [0.05, 0.1) is 0 Å². The van der Waals surface area contributed by atoms with Gasteiger partial charge in [0.25, 0.3) is 0 Å². The van der Waals surface area contributed by atoms with Crippen molar-refractivity contribution in [2.24, 2.45) is 0 Å². The van der Waals surface area contributed by atoms with Gasteiger partial charge in [-0.1, -0.05) is 0 Å². The largest absolute Gasteiger partial charge is 2.00 e. The normalized spacial score (nSPS) is 5.80. The molecule has 20 heteroatoms. The fraction of sp³-hybridized carbons (Fsp3) is 0. The van der Waals surface area contributed by atoms with Crippen molar-refractivity contribution in [2.45, 2.75) is 0 Å². The van der Waals surface area contributed by atoms with E-state index in [2.05, 4.69) is 0 Å². The second-order valence-corrected chi connectivity index (χ2v) is 2.45. The van der Waals surface area contributed by atoms with Crippen molar-refractivity contribution in [3.05, 3.63) is 0 Å². The van der Waals surface area contributed by atoms with E-state index >= 15 is 0 Å². The van der Waals surface area contributed by atoms with E-state index in [1.807, 2.05) is 0 Å². The molecule has 20 heavy (non-hydrogen) atoms. The summed E-state index contributed by atoms with van der Waals surface area (Å²) in [4.78, 5) is 0. The summed E-state index contributed by atoms with van der Waals surface area (Å²) < 4.78 is 68.2. The molecule has 0 aromatic heterocycles. The van der Waals surface area contributed by atoms with E-state index in [-0.39, 0.29) is 77.9 Å². The maximum absolute atomic E-state index is 8.52. The van der Waals surface area contributed by atoms with Crippen LogP contribution in [0.3, 0.4) is 0 Å². The Morgan fingerprint density at radius 1 is 0.400 bits per heavy atom. The summed E-state index contributed by atoms with van der Waals surface area (Å²) in [5, 5.41) is 0. The Morgan fingerprint density at radius 2 is 0.400 bits per heavy atom. The Hall–Kier alpha value is 0.459. The van der Waals surface area contributed by atoms with Crippen molar-refractivity contribution in [1.29, 1.82) is 0 Å². The molecular formula is H24Mn2O16S2+8. The minimum atomic E-state index is -5.17. The van der Waals surface area contributed by atoms with E-state index in [1.54, 1.807) is 0 Å². The smallest absolute Gasteiger partial charge is 0.759 e. The Morgan fingerprint density at radius 3 is 0.400 bits per heavy atom. The van der Waals surface area contributed by atoms with Crippen LogP contribution in [0.2, 0.25) is 0 Å². The molecule has 138 valence electrons. The van der Waals surface area contributed by atoms with Crippen LogP contribution < -0.4 is 0 Å². The van der Waals surface area contributed by atoms with Crippen LogP contribution in [0.1, 0.15) is 0 Å². The summed E-state index contributed by atoms with van der Waals surface area (Å²) in [7, 11) is -10.3. The molecule has 0 aromatic carbocycles. The maximum atomic E-state index is 8.52. The van der Waals surface area contributed by atoms with E-state index in [0.29, 0.717) is 0 Å². The molecule has 0 spiro atoms. The zero-order valence-electron chi connectivity index (χ0n) is 9.46. The van der Waals surface area contributed by atoms with Gasteiger partial charge in [-0.25, -0.2) is 0 Å². The zero-order valence-corrected chi connectivity index (χ0v) is 13.5. The molecule has 0 unspecified atom stereocenters.